The zero-order valence-corrected chi connectivity index (χ0v) is 9.97. The van der Waals surface area contributed by atoms with Crippen molar-refractivity contribution >= 4 is 33.2 Å². The Balaban J connectivity index is 1.93. The van der Waals surface area contributed by atoms with Crippen LogP contribution in [0.5, 0.6) is 0 Å². The summed E-state index contributed by atoms with van der Waals surface area (Å²) in [7, 11) is 0. The molecule has 0 aromatic carbocycles. The molecule has 0 unspecified atom stereocenters. The number of thiazole rings is 1. The maximum atomic E-state index is 11.5. The first-order valence-corrected chi connectivity index (χ1v) is 5.85. The third kappa shape index (κ3) is 2.66. The van der Waals surface area contributed by atoms with Crippen LogP contribution < -0.4 is 5.32 Å². The van der Waals surface area contributed by atoms with Gasteiger partial charge >= 0.3 is 0 Å². The second-order valence-corrected chi connectivity index (χ2v) is 4.47. The Kier molecular flexibility index (Phi) is 3.17. The second-order valence-electron chi connectivity index (χ2n) is 2.71. The average molecular weight is 287 g/mol. The van der Waals surface area contributed by atoms with Crippen molar-refractivity contribution in [2.75, 3.05) is 0 Å². The van der Waals surface area contributed by atoms with E-state index in [1.807, 2.05) is 5.38 Å². The second kappa shape index (κ2) is 4.59. The predicted molar refractivity (Wildman–Crippen MR) is 59.7 cm³/mol. The van der Waals surface area contributed by atoms with Crippen LogP contribution in [-0.2, 0) is 6.54 Å². The molecule has 1 amide bonds. The average Bonchev–Trinajstić information content (AvgIpc) is 2.84. The van der Waals surface area contributed by atoms with Crippen LogP contribution in [0.4, 0.5) is 0 Å². The summed E-state index contributed by atoms with van der Waals surface area (Å²) in [6.45, 7) is 0.425. The van der Waals surface area contributed by atoms with E-state index in [4.69, 9.17) is 4.42 Å². The SMILES string of the molecule is O=C(NCc1nccs1)c1ccc(Br)o1. The van der Waals surface area contributed by atoms with Crippen LogP contribution in [0.25, 0.3) is 0 Å². The molecule has 15 heavy (non-hydrogen) atoms. The van der Waals surface area contributed by atoms with Gasteiger partial charge in [0.25, 0.3) is 5.91 Å². The smallest absolute Gasteiger partial charge is 0.287 e. The van der Waals surface area contributed by atoms with E-state index >= 15 is 0 Å². The van der Waals surface area contributed by atoms with Gasteiger partial charge in [0.2, 0.25) is 0 Å². The standard InChI is InChI=1S/C9H7BrN2O2S/c10-7-2-1-6(14-7)9(13)12-5-8-11-3-4-15-8/h1-4H,5H2,(H,12,13). The Morgan fingerprint density at radius 3 is 3.07 bits per heavy atom. The van der Waals surface area contributed by atoms with Crippen molar-refractivity contribution in [3.63, 3.8) is 0 Å². The summed E-state index contributed by atoms with van der Waals surface area (Å²) in [4.78, 5) is 15.6. The number of nitrogens with one attached hydrogen (secondary N) is 1. The number of amides is 1. The maximum absolute atomic E-state index is 11.5. The molecule has 0 saturated heterocycles. The maximum Gasteiger partial charge on any atom is 0.287 e. The number of carbonyl (C=O) groups excluding carboxylic acids is 1. The largest absolute Gasteiger partial charge is 0.444 e. The number of halogens is 1. The Bertz CT molecular complexity index is 452. The first kappa shape index (κ1) is 10.4. The predicted octanol–water partition coefficient (Wildman–Crippen LogP) is 2.43. The van der Waals surface area contributed by atoms with Crippen LogP contribution in [-0.4, -0.2) is 10.9 Å². The summed E-state index contributed by atoms with van der Waals surface area (Å²) in [5, 5.41) is 5.44. The molecule has 2 aromatic rings. The van der Waals surface area contributed by atoms with E-state index in [9.17, 15) is 4.79 Å². The quantitative estimate of drug-likeness (QED) is 0.943. The molecule has 0 aliphatic rings. The number of carbonyl (C=O) groups is 1. The van der Waals surface area contributed by atoms with Gasteiger partial charge in [-0.1, -0.05) is 0 Å². The van der Waals surface area contributed by atoms with Gasteiger partial charge in [-0.3, -0.25) is 4.79 Å². The third-order valence-corrected chi connectivity index (χ3v) is 2.89. The zero-order chi connectivity index (χ0) is 10.7. The van der Waals surface area contributed by atoms with E-state index in [1.54, 1.807) is 18.3 Å². The number of hydrogen-bond acceptors (Lipinski definition) is 4. The van der Waals surface area contributed by atoms with Gasteiger partial charge in [0, 0.05) is 11.6 Å². The first-order valence-electron chi connectivity index (χ1n) is 4.17. The molecule has 2 aromatic heterocycles. The summed E-state index contributed by atoms with van der Waals surface area (Å²) in [6, 6.07) is 3.29. The molecule has 0 saturated carbocycles. The molecule has 2 heterocycles. The minimum Gasteiger partial charge on any atom is -0.444 e. The van der Waals surface area contributed by atoms with Crippen molar-refractivity contribution in [3.05, 3.63) is 39.1 Å². The van der Waals surface area contributed by atoms with Gasteiger partial charge in [-0.05, 0) is 28.1 Å². The number of nitrogens with zero attached hydrogens (tertiary/aromatic N) is 1. The van der Waals surface area contributed by atoms with Gasteiger partial charge in [0.05, 0.1) is 6.54 Å². The highest BCUT2D eigenvalue weighted by atomic mass is 79.9. The molecule has 0 radical (unpaired) electrons. The van der Waals surface area contributed by atoms with Gasteiger partial charge in [-0.15, -0.1) is 11.3 Å². The minimum atomic E-state index is -0.240. The fourth-order valence-corrected chi connectivity index (χ4v) is 1.88. The Hall–Kier alpha value is -1.14. The molecular weight excluding hydrogens is 280 g/mol. The molecular formula is C9H7BrN2O2S. The van der Waals surface area contributed by atoms with Crippen molar-refractivity contribution in [1.82, 2.24) is 10.3 Å². The fraction of sp³-hybridized carbons (Fsp3) is 0.111. The number of aromatic nitrogens is 1. The Morgan fingerprint density at radius 1 is 1.60 bits per heavy atom. The van der Waals surface area contributed by atoms with E-state index in [1.165, 1.54) is 11.3 Å². The Morgan fingerprint density at radius 2 is 2.47 bits per heavy atom. The molecule has 0 bridgehead atoms. The molecule has 4 nitrogen and oxygen atoms in total. The molecule has 0 spiro atoms. The van der Waals surface area contributed by atoms with E-state index in [2.05, 4.69) is 26.2 Å². The minimum absolute atomic E-state index is 0.240. The topological polar surface area (TPSA) is 55.1 Å². The Labute approximate surface area is 98.5 Å². The molecule has 0 atom stereocenters. The number of rotatable bonds is 3. The van der Waals surface area contributed by atoms with Crippen molar-refractivity contribution in [2.24, 2.45) is 0 Å². The van der Waals surface area contributed by atoms with Crippen LogP contribution in [0.3, 0.4) is 0 Å². The van der Waals surface area contributed by atoms with Crippen LogP contribution in [0.15, 0.2) is 32.8 Å². The molecule has 0 fully saturated rings. The molecule has 0 aliphatic carbocycles. The summed E-state index contributed by atoms with van der Waals surface area (Å²) in [5.41, 5.74) is 0. The monoisotopic (exact) mass is 286 g/mol. The van der Waals surface area contributed by atoms with Crippen molar-refractivity contribution < 1.29 is 9.21 Å². The van der Waals surface area contributed by atoms with Crippen molar-refractivity contribution in [3.8, 4) is 0 Å². The highest BCUT2D eigenvalue weighted by Gasteiger charge is 2.09. The van der Waals surface area contributed by atoms with E-state index in [0.717, 1.165) is 5.01 Å². The van der Waals surface area contributed by atoms with E-state index in [-0.39, 0.29) is 5.91 Å². The lowest BCUT2D eigenvalue weighted by molar-refractivity contribution is 0.0922. The molecule has 2 rings (SSSR count). The molecule has 6 heteroatoms. The molecule has 1 N–H and O–H groups in total. The van der Waals surface area contributed by atoms with Crippen LogP contribution in [0.1, 0.15) is 15.6 Å². The van der Waals surface area contributed by atoms with Crippen molar-refractivity contribution in [1.29, 1.82) is 0 Å². The summed E-state index contributed by atoms with van der Waals surface area (Å²) < 4.78 is 5.65. The van der Waals surface area contributed by atoms with Gasteiger partial charge in [-0.25, -0.2) is 4.98 Å². The highest BCUT2D eigenvalue weighted by molar-refractivity contribution is 9.10. The zero-order valence-electron chi connectivity index (χ0n) is 7.57. The van der Waals surface area contributed by atoms with Crippen LogP contribution in [0.2, 0.25) is 0 Å². The summed E-state index contributed by atoms with van der Waals surface area (Å²) in [5.74, 6) is 0.0503. The number of hydrogen-bond donors (Lipinski definition) is 1. The van der Waals surface area contributed by atoms with Gasteiger partial charge < -0.3 is 9.73 Å². The lowest BCUT2D eigenvalue weighted by Gasteiger charge is -1.98. The first-order chi connectivity index (χ1) is 7.25. The lowest BCUT2D eigenvalue weighted by atomic mass is 10.4. The number of furan rings is 1. The van der Waals surface area contributed by atoms with Gasteiger partial charge in [0.15, 0.2) is 10.4 Å². The summed E-state index contributed by atoms with van der Waals surface area (Å²) >= 11 is 4.63. The van der Waals surface area contributed by atoms with E-state index in [0.29, 0.717) is 17.0 Å². The van der Waals surface area contributed by atoms with Crippen molar-refractivity contribution in [2.45, 2.75) is 6.54 Å². The van der Waals surface area contributed by atoms with Gasteiger partial charge in [0.1, 0.15) is 5.01 Å². The van der Waals surface area contributed by atoms with E-state index < -0.39 is 0 Å². The highest BCUT2D eigenvalue weighted by Crippen LogP contribution is 2.14. The fourth-order valence-electron chi connectivity index (χ4n) is 1.02. The molecule has 78 valence electrons. The van der Waals surface area contributed by atoms with Crippen LogP contribution in [0, 0.1) is 0 Å². The summed E-state index contributed by atoms with van der Waals surface area (Å²) in [6.07, 6.45) is 1.70. The van der Waals surface area contributed by atoms with Gasteiger partial charge in [-0.2, -0.15) is 0 Å². The normalized spacial score (nSPS) is 10.2. The molecule has 0 aliphatic heterocycles. The lowest BCUT2D eigenvalue weighted by Crippen LogP contribution is -2.22. The van der Waals surface area contributed by atoms with Crippen LogP contribution >= 0.6 is 27.3 Å². The third-order valence-electron chi connectivity index (χ3n) is 1.68.